The first-order chi connectivity index (χ1) is 36.0. The number of nitrogens with zero attached hydrogens (tertiary/aromatic N) is 5. The van der Waals surface area contributed by atoms with E-state index in [0.29, 0.717) is 26.6 Å². The van der Waals surface area contributed by atoms with Crippen LogP contribution in [0.4, 0.5) is 11.5 Å². The molecule has 11 aromatic rings. The molecular formula is C59H44BN5OPt-2. The van der Waals surface area contributed by atoms with Gasteiger partial charge in [-0.1, -0.05) is 48.5 Å². The van der Waals surface area contributed by atoms with E-state index < -0.39 is 25.0 Å². The molecular weight excluding hydrogens is 1000 g/mol. The Kier molecular flexibility index (Phi) is 7.97. The van der Waals surface area contributed by atoms with E-state index in [2.05, 4.69) is 110 Å². The Balaban J connectivity index is 1.03. The second-order valence-electron chi connectivity index (χ2n) is 17.6. The van der Waals surface area contributed by atoms with Crippen molar-refractivity contribution in [2.45, 2.75) is 33.0 Å². The van der Waals surface area contributed by atoms with Crippen molar-refractivity contribution < 1.29 is 35.1 Å². The van der Waals surface area contributed by atoms with E-state index >= 15 is 0 Å². The normalized spacial score (nSPS) is 14.4. The van der Waals surface area contributed by atoms with E-state index in [1.54, 1.807) is 18.2 Å². The number of pyridine rings is 1. The average Bonchev–Trinajstić information content (AvgIpc) is 4.04. The van der Waals surface area contributed by atoms with Gasteiger partial charge in [0.05, 0.1) is 0 Å². The Morgan fingerprint density at radius 2 is 1.40 bits per heavy atom. The number of aryl methyl sites for hydroxylation is 1. The molecule has 0 saturated heterocycles. The van der Waals surface area contributed by atoms with E-state index in [4.69, 9.17) is 17.9 Å². The van der Waals surface area contributed by atoms with Crippen LogP contribution in [0, 0.1) is 22.8 Å². The molecule has 0 saturated carbocycles. The van der Waals surface area contributed by atoms with Crippen LogP contribution in [0.5, 0.6) is 11.6 Å². The molecule has 3 aromatic heterocycles. The molecule has 0 unspecified atom stereocenters. The number of fused-ring (bicyclic) bond motifs is 4. The number of imidazole rings is 1. The van der Waals surface area contributed by atoms with Crippen LogP contribution in [-0.4, -0.2) is 25.6 Å². The summed E-state index contributed by atoms with van der Waals surface area (Å²) in [4.78, 5) is 7.25. The Hall–Kier alpha value is -7.47. The molecule has 0 radical (unpaired) electrons. The first kappa shape index (κ1) is 33.1. The maximum atomic E-state index is 9.19. The number of hydrogen-bond donors (Lipinski definition) is 0. The molecule has 0 N–H and O–H groups in total. The van der Waals surface area contributed by atoms with Gasteiger partial charge in [0.1, 0.15) is 0 Å². The number of rotatable bonds is 8. The Morgan fingerprint density at radius 3 is 2.19 bits per heavy atom. The fourth-order valence-electron chi connectivity index (χ4n) is 9.49. The third-order valence-corrected chi connectivity index (χ3v) is 13.6. The van der Waals surface area contributed by atoms with E-state index in [9.17, 15) is 2.74 Å². The molecule has 8 aromatic carbocycles. The summed E-state index contributed by atoms with van der Waals surface area (Å²) in [6.45, 7) is 3.51. The summed E-state index contributed by atoms with van der Waals surface area (Å²) in [6, 6.07) is 57.9. The number of hydrogen-bond acceptors (Lipinski definition) is 3. The van der Waals surface area contributed by atoms with Crippen molar-refractivity contribution in [1.29, 1.82) is 0 Å². The van der Waals surface area contributed by atoms with Crippen molar-refractivity contribution in [3.05, 3.63) is 221 Å². The zero-order valence-corrected chi connectivity index (χ0v) is 38.9. The van der Waals surface area contributed by atoms with Crippen LogP contribution in [0.3, 0.4) is 0 Å². The standard InChI is InChI=1S/C59H44BN5O.Pt/c1-40-35-36-45(62-39-63(52-31-14-13-30-51(52)62)57-46(41-19-7-5-8-20-41)26-16-27-47(57)42-21-15-22-43(37-42)59(2,3)4)38-54(40)66-56-34-18-33-55(61-56)64-53-32-17-28-49-48-25-11-12-29-50(48)65(58(49)53)60(64)44-23-9-6-10-24-44;/h5-31,33-37H,1-4H3;/q-2;/i1D3,5D,7D,8D,19D,20D;. The molecule has 0 spiro atoms. The van der Waals surface area contributed by atoms with Gasteiger partial charge in [0.25, 0.3) is 0 Å². The number of aromatic nitrogens is 4. The van der Waals surface area contributed by atoms with Gasteiger partial charge in [-0.3, -0.25) is 0 Å². The molecule has 67 heavy (non-hydrogen) atoms. The molecule has 12 rings (SSSR count). The van der Waals surface area contributed by atoms with Gasteiger partial charge in [-0.05, 0) is 11.5 Å². The zero-order chi connectivity index (χ0) is 52.2. The van der Waals surface area contributed by atoms with Crippen molar-refractivity contribution in [3.8, 4) is 45.3 Å². The molecule has 0 atom stereocenters. The molecule has 0 fully saturated rings. The fraction of sp³-hybridized carbons (Fsp3) is 0.0847. The van der Waals surface area contributed by atoms with E-state index in [1.165, 1.54) is 6.07 Å². The molecule has 1 aliphatic heterocycles. The summed E-state index contributed by atoms with van der Waals surface area (Å²) in [5.74, 6) is 0.686. The van der Waals surface area contributed by atoms with Crippen molar-refractivity contribution in [2.75, 3.05) is 4.81 Å². The predicted octanol–water partition coefficient (Wildman–Crippen LogP) is 13.7. The van der Waals surface area contributed by atoms with Crippen LogP contribution >= 0.6 is 0 Å². The molecule has 0 amide bonds. The molecule has 6 nitrogen and oxygen atoms in total. The van der Waals surface area contributed by atoms with Crippen LogP contribution in [0.25, 0.3) is 66.5 Å². The topological polar surface area (TPSA) is 40.1 Å². The number of ether oxygens (including phenoxy) is 1. The Bertz CT molecular complexity index is 4170. The summed E-state index contributed by atoms with van der Waals surface area (Å²) in [5, 5.41) is 2.24. The zero-order valence-electron chi connectivity index (χ0n) is 44.6. The first-order valence-electron chi connectivity index (χ1n) is 26.0. The summed E-state index contributed by atoms with van der Waals surface area (Å²) in [7, 11) is 0. The Morgan fingerprint density at radius 1 is 0.687 bits per heavy atom. The molecule has 4 heterocycles. The Labute approximate surface area is 412 Å². The average molecular weight is 1050 g/mol. The van der Waals surface area contributed by atoms with Crippen LogP contribution in [0.2, 0.25) is 0 Å². The fourth-order valence-corrected chi connectivity index (χ4v) is 10.6. The van der Waals surface area contributed by atoms with Gasteiger partial charge >= 0.3 is 332 Å². The van der Waals surface area contributed by atoms with Crippen LogP contribution in [-0.2, 0) is 24.8 Å². The maximum absolute atomic E-state index is 9.19. The van der Waals surface area contributed by atoms with Gasteiger partial charge in [0.15, 0.2) is 0 Å². The summed E-state index contributed by atoms with van der Waals surface area (Å²) in [6.07, 6.45) is 0. The van der Waals surface area contributed by atoms with Crippen LogP contribution < -0.4 is 15.0 Å². The molecule has 0 bridgehead atoms. The van der Waals surface area contributed by atoms with Crippen molar-refractivity contribution in [1.82, 2.24) is 18.6 Å². The number of para-hydroxylation sites is 4. The van der Waals surface area contributed by atoms with Crippen LogP contribution in [0.1, 0.15) is 42.9 Å². The second-order valence-corrected chi connectivity index (χ2v) is 18.6. The van der Waals surface area contributed by atoms with Crippen molar-refractivity contribution >= 4 is 56.8 Å². The second kappa shape index (κ2) is 16.1. The number of benzene rings is 8. The molecule has 1 aliphatic rings. The van der Waals surface area contributed by atoms with Gasteiger partial charge in [0.2, 0.25) is 0 Å². The monoisotopic (exact) mass is 1050 g/mol. The van der Waals surface area contributed by atoms with Gasteiger partial charge in [0, 0.05) is 5.52 Å². The third-order valence-electron chi connectivity index (χ3n) is 12.5. The molecule has 326 valence electrons. The first-order valence-corrected chi connectivity index (χ1v) is 23.1. The minimum atomic E-state index is -2.60. The third kappa shape index (κ3) is 6.83. The van der Waals surface area contributed by atoms with Gasteiger partial charge < -0.3 is 0 Å². The van der Waals surface area contributed by atoms with E-state index in [-0.39, 0.29) is 47.2 Å². The molecule has 0 aliphatic carbocycles. The minimum absolute atomic E-state index is 0.0382. The SMILES string of the molecule is [2H]c1c([2H])c([2H])c(-c2cccc(-c3cccc(C(C)(C)C)c3)c2-n2[c](=[Pt])n(-c3[c-]c(Oc4cccc(N5B(c6ccccc6)n6c7ccccc7c7cc[c-]c5c76)n4)c(C([2H])([2H])[2H])cc3)c3ccccc32)c([2H])c1[2H]. The summed E-state index contributed by atoms with van der Waals surface area (Å²) in [5.41, 5.74) is 9.43. The van der Waals surface area contributed by atoms with Gasteiger partial charge in [-0.15, -0.1) is 5.39 Å². The quantitative estimate of drug-likeness (QED) is 0.112. The van der Waals surface area contributed by atoms with Crippen molar-refractivity contribution in [3.63, 3.8) is 0 Å². The van der Waals surface area contributed by atoms with Crippen molar-refractivity contribution in [2.24, 2.45) is 0 Å². The van der Waals surface area contributed by atoms with Gasteiger partial charge in [-0.25, -0.2) is 0 Å². The summed E-state index contributed by atoms with van der Waals surface area (Å²) >= 11 is 2.24. The summed E-state index contributed by atoms with van der Waals surface area (Å²) < 4.78 is 83.9. The van der Waals surface area contributed by atoms with E-state index in [1.807, 2.05) is 100 Å². The van der Waals surface area contributed by atoms with Gasteiger partial charge in [-0.2, -0.15) is 12.1 Å². The molecule has 8 heteroatoms. The van der Waals surface area contributed by atoms with E-state index in [0.717, 1.165) is 60.7 Å². The predicted molar refractivity (Wildman–Crippen MR) is 271 cm³/mol. The number of anilines is 2. The van der Waals surface area contributed by atoms with Crippen LogP contribution in [0.15, 0.2) is 194 Å².